The van der Waals surface area contributed by atoms with Crippen molar-refractivity contribution in [1.82, 2.24) is 0 Å². The van der Waals surface area contributed by atoms with E-state index >= 15 is 0 Å². The Morgan fingerprint density at radius 2 is 1.82 bits per heavy atom. The van der Waals surface area contributed by atoms with Crippen LogP contribution in [0.2, 0.25) is 0 Å². The van der Waals surface area contributed by atoms with Gasteiger partial charge in [0.2, 0.25) is 5.91 Å². The fraction of sp³-hybridized carbons (Fsp3) is 0.462. The van der Waals surface area contributed by atoms with Crippen LogP contribution in [0.5, 0.6) is 0 Å². The van der Waals surface area contributed by atoms with Crippen molar-refractivity contribution in [3.8, 4) is 0 Å². The van der Waals surface area contributed by atoms with Crippen molar-refractivity contribution in [2.45, 2.75) is 20.3 Å². The van der Waals surface area contributed by atoms with E-state index in [0.29, 0.717) is 6.54 Å². The van der Waals surface area contributed by atoms with Gasteiger partial charge in [0.15, 0.2) is 0 Å². The molecule has 0 saturated heterocycles. The van der Waals surface area contributed by atoms with Gasteiger partial charge in [0.05, 0.1) is 0 Å². The van der Waals surface area contributed by atoms with Gasteiger partial charge in [-0.05, 0) is 37.2 Å². The maximum absolute atomic E-state index is 11.5. The standard InChI is InChI=1S/C13H21N3O/c1-10(2)13(17)16-12-6-4-11(5-7-12)15-9-3-8-14/h4-7,10,15H,3,8-9,14H2,1-2H3,(H,16,17). The van der Waals surface area contributed by atoms with Crippen molar-refractivity contribution in [2.24, 2.45) is 11.7 Å². The van der Waals surface area contributed by atoms with Crippen molar-refractivity contribution in [3.05, 3.63) is 24.3 Å². The zero-order chi connectivity index (χ0) is 12.7. The molecule has 0 atom stereocenters. The van der Waals surface area contributed by atoms with E-state index in [-0.39, 0.29) is 11.8 Å². The summed E-state index contributed by atoms with van der Waals surface area (Å²) in [7, 11) is 0. The summed E-state index contributed by atoms with van der Waals surface area (Å²) in [6.07, 6.45) is 0.950. The first-order valence-electron chi connectivity index (χ1n) is 5.98. The summed E-state index contributed by atoms with van der Waals surface area (Å²) in [5.41, 5.74) is 7.28. The quantitative estimate of drug-likeness (QED) is 0.661. The maximum Gasteiger partial charge on any atom is 0.226 e. The van der Waals surface area contributed by atoms with Crippen LogP contribution in [0, 0.1) is 5.92 Å². The van der Waals surface area contributed by atoms with E-state index in [1.54, 1.807) is 0 Å². The van der Waals surface area contributed by atoms with Crippen LogP contribution in [-0.4, -0.2) is 19.0 Å². The molecule has 4 nitrogen and oxygen atoms in total. The van der Waals surface area contributed by atoms with Gasteiger partial charge in [0, 0.05) is 23.8 Å². The molecular formula is C13H21N3O. The lowest BCUT2D eigenvalue weighted by atomic mass is 10.2. The van der Waals surface area contributed by atoms with Crippen LogP contribution in [0.4, 0.5) is 11.4 Å². The van der Waals surface area contributed by atoms with Gasteiger partial charge in [-0.3, -0.25) is 4.79 Å². The summed E-state index contributed by atoms with van der Waals surface area (Å²) in [5.74, 6) is 0.0335. The van der Waals surface area contributed by atoms with Gasteiger partial charge in [-0.2, -0.15) is 0 Å². The highest BCUT2D eigenvalue weighted by Gasteiger charge is 2.06. The minimum atomic E-state index is -0.00245. The highest BCUT2D eigenvalue weighted by atomic mass is 16.1. The highest BCUT2D eigenvalue weighted by Crippen LogP contribution is 2.14. The largest absolute Gasteiger partial charge is 0.385 e. The normalized spacial score (nSPS) is 10.4. The molecule has 0 aliphatic carbocycles. The lowest BCUT2D eigenvalue weighted by molar-refractivity contribution is -0.118. The molecule has 0 saturated carbocycles. The van der Waals surface area contributed by atoms with Crippen molar-refractivity contribution in [2.75, 3.05) is 23.7 Å². The van der Waals surface area contributed by atoms with E-state index < -0.39 is 0 Å². The van der Waals surface area contributed by atoms with Crippen LogP contribution in [0.1, 0.15) is 20.3 Å². The molecule has 0 fully saturated rings. The van der Waals surface area contributed by atoms with Crippen LogP contribution < -0.4 is 16.4 Å². The number of hydrogen-bond acceptors (Lipinski definition) is 3. The van der Waals surface area contributed by atoms with Crippen LogP contribution in [-0.2, 0) is 4.79 Å². The molecule has 1 rings (SSSR count). The molecule has 0 radical (unpaired) electrons. The number of hydrogen-bond donors (Lipinski definition) is 3. The molecule has 1 aromatic rings. The van der Waals surface area contributed by atoms with Crippen LogP contribution in [0.25, 0.3) is 0 Å². The minimum Gasteiger partial charge on any atom is -0.385 e. The molecule has 94 valence electrons. The zero-order valence-corrected chi connectivity index (χ0v) is 10.5. The average molecular weight is 235 g/mol. The number of carbonyl (C=O) groups excluding carboxylic acids is 1. The Balaban J connectivity index is 2.47. The molecule has 0 bridgehead atoms. The average Bonchev–Trinajstić information content (AvgIpc) is 2.31. The monoisotopic (exact) mass is 235 g/mol. The first kappa shape index (κ1) is 13.5. The fourth-order valence-corrected chi connectivity index (χ4v) is 1.29. The molecule has 4 heteroatoms. The molecule has 0 heterocycles. The number of nitrogens with two attached hydrogens (primary N) is 1. The summed E-state index contributed by atoms with van der Waals surface area (Å²) in [6, 6.07) is 7.69. The Hall–Kier alpha value is -1.55. The minimum absolute atomic E-state index is 0.00245. The van der Waals surface area contributed by atoms with Crippen molar-refractivity contribution < 1.29 is 4.79 Å². The SMILES string of the molecule is CC(C)C(=O)Nc1ccc(NCCCN)cc1. The van der Waals surface area contributed by atoms with E-state index in [1.807, 2.05) is 38.1 Å². The van der Waals surface area contributed by atoms with Gasteiger partial charge in [-0.25, -0.2) is 0 Å². The van der Waals surface area contributed by atoms with Gasteiger partial charge < -0.3 is 16.4 Å². The first-order valence-corrected chi connectivity index (χ1v) is 5.98. The summed E-state index contributed by atoms with van der Waals surface area (Å²) in [4.78, 5) is 11.5. The second kappa shape index (κ2) is 6.91. The topological polar surface area (TPSA) is 67.2 Å². The van der Waals surface area contributed by atoms with Crippen LogP contribution >= 0.6 is 0 Å². The predicted molar refractivity (Wildman–Crippen MR) is 72.1 cm³/mol. The molecule has 0 aromatic heterocycles. The lowest BCUT2D eigenvalue weighted by Gasteiger charge is -2.09. The summed E-state index contributed by atoms with van der Waals surface area (Å²) in [6.45, 7) is 5.31. The number of carbonyl (C=O) groups is 1. The van der Waals surface area contributed by atoms with Crippen LogP contribution in [0.3, 0.4) is 0 Å². The van der Waals surface area contributed by atoms with E-state index in [2.05, 4.69) is 10.6 Å². The summed E-state index contributed by atoms with van der Waals surface area (Å²) >= 11 is 0. The molecule has 4 N–H and O–H groups in total. The third-order valence-corrected chi connectivity index (χ3v) is 2.39. The Morgan fingerprint density at radius 3 is 2.35 bits per heavy atom. The molecule has 17 heavy (non-hydrogen) atoms. The number of anilines is 2. The third kappa shape index (κ3) is 4.87. The van der Waals surface area contributed by atoms with E-state index in [0.717, 1.165) is 24.3 Å². The zero-order valence-electron chi connectivity index (χ0n) is 10.5. The molecule has 1 aromatic carbocycles. The van der Waals surface area contributed by atoms with E-state index in [1.165, 1.54) is 0 Å². The summed E-state index contributed by atoms with van der Waals surface area (Å²) < 4.78 is 0. The van der Waals surface area contributed by atoms with Gasteiger partial charge in [-0.1, -0.05) is 13.8 Å². The van der Waals surface area contributed by atoms with Gasteiger partial charge in [0.1, 0.15) is 0 Å². The molecule has 0 aliphatic heterocycles. The van der Waals surface area contributed by atoms with Gasteiger partial charge >= 0.3 is 0 Å². The second-order valence-corrected chi connectivity index (χ2v) is 4.29. The smallest absolute Gasteiger partial charge is 0.226 e. The maximum atomic E-state index is 11.5. The van der Waals surface area contributed by atoms with Crippen molar-refractivity contribution >= 4 is 17.3 Å². The Morgan fingerprint density at radius 1 is 1.24 bits per heavy atom. The predicted octanol–water partition coefficient (Wildman–Crippen LogP) is 2.04. The van der Waals surface area contributed by atoms with Crippen LogP contribution in [0.15, 0.2) is 24.3 Å². The first-order chi connectivity index (χ1) is 8.13. The van der Waals surface area contributed by atoms with Gasteiger partial charge in [0.25, 0.3) is 0 Å². The second-order valence-electron chi connectivity index (χ2n) is 4.29. The van der Waals surface area contributed by atoms with Crippen molar-refractivity contribution in [1.29, 1.82) is 0 Å². The number of nitrogens with one attached hydrogen (secondary N) is 2. The Kier molecular flexibility index (Phi) is 5.49. The fourth-order valence-electron chi connectivity index (χ4n) is 1.29. The highest BCUT2D eigenvalue weighted by molar-refractivity contribution is 5.92. The number of rotatable bonds is 6. The molecule has 0 unspecified atom stereocenters. The molecular weight excluding hydrogens is 214 g/mol. The Labute approximate surface area is 103 Å². The number of benzene rings is 1. The third-order valence-electron chi connectivity index (χ3n) is 2.39. The summed E-state index contributed by atoms with van der Waals surface area (Å²) in [5, 5.41) is 6.11. The van der Waals surface area contributed by atoms with Gasteiger partial charge in [-0.15, -0.1) is 0 Å². The lowest BCUT2D eigenvalue weighted by Crippen LogP contribution is -2.17. The van der Waals surface area contributed by atoms with Crippen molar-refractivity contribution in [3.63, 3.8) is 0 Å². The van der Waals surface area contributed by atoms with E-state index in [4.69, 9.17) is 5.73 Å². The van der Waals surface area contributed by atoms with E-state index in [9.17, 15) is 4.79 Å². The molecule has 0 spiro atoms. The Bertz CT molecular complexity index is 346. The molecule has 1 amide bonds. The molecule has 0 aliphatic rings. The number of amides is 1.